The van der Waals surface area contributed by atoms with E-state index in [1.54, 1.807) is 0 Å². The first-order valence-corrected chi connectivity index (χ1v) is 6.44. The molecule has 0 radical (unpaired) electrons. The smallest absolute Gasteiger partial charge is 0.271 e. The number of hydrogen-bond acceptors (Lipinski definition) is 2. The van der Waals surface area contributed by atoms with E-state index in [4.69, 9.17) is 4.55 Å². The van der Waals surface area contributed by atoms with Crippen LogP contribution in [0.1, 0.15) is 25.5 Å². The van der Waals surface area contributed by atoms with Crippen molar-refractivity contribution in [3.8, 4) is 0 Å². The van der Waals surface area contributed by atoms with E-state index in [1.807, 2.05) is 42.8 Å². The van der Waals surface area contributed by atoms with Crippen LogP contribution in [-0.4, -0.2) is 18.7 Å². The molecule has 1 aromatic rings. The zero-order valence-corrected chi connectivity index (χ0v) is 9.74. The van der Waals surface area contributed by atoms with Crippen molar-refractivity contribution in [1.29, 1.82) is 0 Å². The molecule has 1 rings (SSSR count). The molecule has 4 nitrogen and oxygen atoms in total. The van der Waals surface area contributed by atoms with E-state index in [1.165, 1.54) is 0 Å². The Morgan fingerprint density at radius 1 is 1.40 bits per heavy atom. The van der Waals surface area contributed by atoms with E-state index >= 15 is 0 Å². The van der Waals surface area contributed by atoms with Gasteiger partial charge in [-0.2, -0.15) is 8.42 Å². The number of pyridine rings is 1. The van der Waals surface area contributed by atoms with Crippen LogP contribution in [0.2, 0.25) is 0 Å². The van der Waals surface area contributed by atoms with E-state index in [0.29, 0.717) is 5.92 Å². The lowest BCUT2D eigenvalue weighted by Gasteiger charge is -2.05. The van der Waals surface area contributed by atoms with Gasteiger partial charge >= 0.3 is 0 Å². The van der Waals surface area contributed by atoms with Gasteiger partial charge in [-0.3, -0.25) is 4.55 Å². The fraction of sp³-hybridized carbons (Fsp3) is 0.500. The molecule has 0 aromatic carbocycles. The molecule has 0 bridgehead atoms. The minimum Gasteiger partial charge on any atom is -0.285 e. The summed E-state index contributed by atoms with van der Waals surface area (Å²) in [6, 6.07) is 5.71. The number of aromatic nitrogens is 1. The second kappa shape index (κ2) is 4.72. The van der Waals surface area contributed by atoms with Crippen LogP contribution in [-0.2, 0) is 16.7 Å². The van der Waals surface area contributed by atoms with Crippen LogP contribution in [0.5, 0.6) is 0 Å². The van der Waals surface area contributed by atoms with Gasteiger partial charge in [-0.15, -0.1) is 0 Å². The largest absolute Gasteiger partial charge is 0.285 e. The summed E-state index contributed by atoms with van der Waals surface area (Å²) < 4.78 is 31.8. The SMILES string of the molecule is CC(C)c1cccc[n+]1CCS(=O)(=O)O. The second-order valence-corrected chi connectivity index (χ2v) is 5.33. The molecular formula is C10H16NO3S+. The van der Waals surface area contributed by atoms with Crippen LogP contribution >= 0.6 is 0 Å². The highest BCUT2D eigenvalue weighted by Gasteiger charge is 2.15. The number of hydrogen-bond donors (Lipinski definition) is 1. The van der Waals surface area contributed by atoms with Gasteiger partial charge in [0.05, 0.1) is 0 Å². The molecule has 1 N–H and O–H groups in total. The van der Waals surface area contributed by atoms with E-state index < -0.39 is 10.1 Å². The average molecular weight is 230 g/mol. The van der Waals surface area contributed by atoms with Crippen LogP contribution in [0.15, 0.2) is 24.4 Å². The average Bonchev–Trinajstić information content (AvgIpc) is 2.14. The number of aryl methyl sites for hydroxylation is 1. The normalized spacial score (nSPS) is 12.0. The molecule has 84 valence electrons. The van der Waals surface area contributed by atoms with Gasteiger partial charge in [0.2, 0.25) is 0 Å². The molecule has 1 aromatic heterocycles. The van der Waals surface area contributed by atoms with Gasteiger partial charge in [-0.1, -0.05) is 19.9 Å². The molecule has 0 saturated carbocycles. The van der Waals surface area contributed by atoms with Gasteiger partial charge in [0.15, 0.2) is 18.4 Å². The maximum absolute atomic E-state index is 10.6. The van der Waals surface area contributed by atoms with Crippen LogP contribution in [0.3, 0.4) is 0 Å². The first-order chi connectivity index (χ1) is 6.90. The third-order valence-electron chi connectivity index (χ3n) is 2.16. The molecule has 0 unspecified atom stereocenters. The van der Waals surface area contributed by atoms with Crippen molar-refractivity contribution < 1.29 is 17.5 Å². The molecule has 0 aliphatic heterocycles. The molecule has 0 spiro atoms. The van der Waals surface area contributed by atoms with Crippen LogP contribution in [0.25, 0.3) is 0 Å². The predicted molar refractivity (Wildman–Crippen MR) is 57.1 cm³/mol. The minimum atomic E-state index is -3.89. The highest BCUT2D eigenvalue weighted by Crippen LogP contribution is 2.07. The first kappa shape index (κ1) is 12.1. The summed E-state index contributed by atoms with van der Waals surface area (Å²) in [5, 5.41) is 0. The van der Waals surface area contributed by atoms with Crippen molar-refractivity contribution in [2.24, 2.45) is 0 Å². The molecule has 0 saturated heterocycles. The number of nitrogens with zero attached hydrogens (tertiary/aromatic N) is 1. The van der Waals surface area contributed by atoms with Crippen LogP contribution in [0, 0.1) is 0 Å². The van der Waals surface area contributed by atoms with Gasteiger partial charge in [0, 0.05) is 18.1 Å². The van der Waals surface area contributed by atoms with Crippen molar-refractivity contribution in [1.82, 2.24) is 0 Å². The summed E-state index contributed by atoms with van der Waals surface area (Å²) in [4.78, 5) is 0. The topological polar surface area (TPSA) is 58.2 Å². The van der Waals surface area contributed by atoms with Gasteiger partial charge in [0.25, 0.3) is 10.1 Å². The molecule has 0 fully saturated rings. The Kier molecular flexibility index (Phi) is 3.82. The van der Waals surface area contributed by atoms with Gasteiger partial charge in [-0.25, -0.2) is 4.57 Å². The maximum atomic E-state index is 10.6. The zero-order valence-electron chi connectivity index (χ0n) is 8.92. The first-order valence-electron chi connectivity index (χ1n) is 4.83. The zero-order chi connectivity index (χ0) is 11.5. The molecule has 15 heavy (non-hydrogen) atoms. The molecule has 0 amide bonds. The van der Waals surface area contributed by atoms with Crippen molar-refractivity contribution in [2.75, 3.05) is 5.75 Å². The van der Waals surface area contributed by atoms with Gasteiger partial charge in [0.1, 0.15) is 5.75 Å². The second-order valence-electron chi connectivity index (χ2n) is 3.76. The fourth-order valence-electron chi connectivity index (χ4n) is 1.43. The van der Waals surface area contributed by atoms with Gasteiger partial charge in [-0.05, 0) is 0 Å². The lowest BCUT2D eigenvalue weighted by atomic mass is 10.1. The molecule has 0 atom stereocenters. The quantitative estimate of drug-likeness (QED) is 0.619. The number of rotatable bonds is 4. The molecule has 0 aliphatic carbocycles. The van der Waals surface area contributed by atoms with Crippen molar-refractivity contribution in [3.05, 3.63) is 30.1 Å². The Morgan fingerprint density at radius 2 is 2.07 bits per heavy atom. The summed E-state index contributed by atoms with van der Waals surface area (Å²) in [5.74, 6) is 0.0779. The van der Waals surface area contributed by atoms with Crippen molar-refractivity contribution in [3.63, 3.8) is 0 Å². The fourth-order valence-corrected chi connectivity index (χ4v) is 1.86. The van der Waals surface area contributed by atoms with Crippen molar-refractivity contribution in [2.45, 2.75) is 26.3 Å². The monoisotopic (exact) mass is 230 g/mol. The van der Waals surface area contributed by atoms with E-state index in [0.717, 1.165) is 5.69 Å². The third kappa shape index (κ3) is 3.97. The van der Waals surface area contributed by atoms with Crippen molar-refractivity contribution >= 4 is 10.1 Å². The molecule has 0 aliphatic rings. The summed E-state index contributed by atoms with van der Waals surface area (Å²) in [6.07, 6.45) is 1.82. The Hall–Kier alpha value is -0.940. The lowest BCUT2D eigenvalue weighted by Crippen LogP contribution is -2.41. The van der Waals surface area contributed by atoms with E-state index in [9.17, 15) is 8.42 Å². The Labute approximate surface area is 90.3 Å². The highest BCUT2D eigenvalue weighted by molar-refractivity contribution is 7.85. The predicted octanol–water partition coefficient (Wildman–Crippen LogP) is 0.985. The highest BCUT2D eigenvalue weighted by atomic mass is 32.2. The summed E-state index contributed by atoms with van der Waals surface area (Å²) >= 11 is 0. The Balaban J connectivity index is 2.85. The standard InChI is InChI=1S/C10H15NO3S/c1-9(2)10-5-3-4-6-11(10)7-8-15(12,13)14/h3-6,9H,7-8H2,1-2H3/p+1. The molecule has 1 heterocycles. The summed E-state index contributed by atoms with van der Waals surface area (Å²) in [6.45, 7) is 4.37. The minimum absolute atomic E-state index is 0.249. The van der Waals surface area contributed by atoms with E-state index in [2.05, 4.69) is 0 Å². The van der Waals surface area contributed by atoms with Crippen LogP contribution in [0.4, 0.5) is 0 Å². The summed E-state index contributed by atoms with van der Waals surface area (Å²) in [5.41, 5.74) is 1.06. The molecule has 5 heteroatoms. The third-order valence-corrected chi connectivity index (χ3v) is 2.86. The Bertz CT molecular complexity index is 426. The maximum Gasteiger partial charge on any atom is 0.271 e. The summed E-state index contributed by atoms with van der Waals surface area (Å²) in [7, 11) is -3.89. The Morgan fingerprint density at radius 3 is 2.60 bits per heavy atom. The lowest BCUT2D eigenvalue weighted by molar-refractivity contribution is -0.700. The molecular weight excluding hydrogens is 214 g/mol. The van der Waals surface area contributed by atoms with E-state index in [-0.39, 0.29) is 12.3 Å². The van der Waals surface area contributed by atoms with Gasteiger partial charge < -0.3 is 0 Å². The van der Waals surface area contributed by atoms with Crippen LogP contribution < -0.4 is 4.57 Å².